The van der Waals surface area contributed by atoms with Gasteiger partial charge in [-0.2, -0.15) is 0 Å². The lowest BCUT2D eigenvalue weighted by molar-refractivity contribution is 0.109. The van der Waals surface area contributed by atoms with Crippen LogP contribution in [-0.2, 0) is 4.43 Å². The van der Waals surface area contributed by atoms with E-state index in [9.17, 15) is 4.39 Å². The number of hydrogen-bond acceptors (Lipinski definition) is 2. The van der Waals surface area contributed by atoms with Gasteiger partial charge in [0.05, 0.1) is 6.73 Å². The predicted molar refractivity (Wildman–Crippen MR) is 88.6 cm³/mol. The highest BCUT2D eigenvalue weighted by Crippen LogP contribution is 2.34. The third-order valence-electron chi connectivity index (χ3n) is 4.31. The summed E-state index contributed by atoms with van der Waals surface area (Å²) < 4.78 is 19.4. The number of likely N-dealkylation sites (tertiary alicyclic amines) is 1. The molecule has 1 aliphatic rings. The van der Waals surface area contributed by atoms with Gasteiger partial charge in [0.15, 0.2) is 9.04 Å². The molecule has 1 saturated heterocycles. The fourth-order valence-corrected chi connectivity index (χ4v) is 3.62. The van der Waals surface area contributed by atoms with Crippen molar-refractivity contribution in [2.45, 2.75) is 57.7 Å². The largest absolute Gasteiger partial charge is 0.408 e. The molecule has 1 fully saturated rings. The lowest BCUT2D eigenvalue weighted by atomic mass is 9.95. The molecule has 4 heteroatoms. The van der Waals surface area contributed by atoms with Crippen LogP contribution < -0.4 is 0 Å². The van der Waals surface area contributed by atoms with Crippen LogP contribution >= 0.6 is 0 Å². The Morgan fingerprint density at radius 3 is 2.86 bits per heavy atom. The van der Waals surface area contributed by atoms with E-state index in [1.54, 1.807) is 6.07 Å². The van der Waals surface area contributed by atoms with E-state index in [0.717, 1.165) is 25.3 Å². The topological polar surface area (TPSA) is 12.5 Å². The Labute approximate surface area is 130 Å². The predicted octanol–water partition coefficient (Wildman–Crippen LogP) is 4.13. The number of rotatable bonds is 7. The molecule has 1 aliphatic heterocycles. The molecule has 118 valence electrons. The first-order chi connectivity index (χ1) is 10.1. The van der Waals surface area contributed by atoms with Crippen LogP contribution in [0.15, 0.2) is 24.3 Å². The third-order valence-corrected chi connectivity index (χ3v) is 5.13. The standard InChI is InChI=1S/C17H28FNOSi/c1-4-5-9-17-11-15(12-19(17)13-20-21(2)3)14-7-6-8-16(18)10-14/h6-8,10,15,17,21H,4-5,9,11-13H2,1-3H3/t15-,17?/m1/s1. The van der Waals surface area contributed by atoms with Crippen molar-refractivity contribution in [2.24, 2.45) is 0 Å². The second-order valence-corrected chi connectivity index (χ2v) is 8.83. The molecule has 21 heavy (non-hydrogen) atoms. The summed E-state index contributed by atoms with van der Waals surface area (Å²) in [4.78, 5) is 2.47. The zero-order chi connectivity index (χ0) is 15.2. The fraction of sp³-hybridized carbons (Fsp3) is 0.647. The summed E-state index contributed by atoms with van der Waals surface area (Å²) in [5.74, 6) is 0.321. The van der Waals surface area contributed by atoms with Gasteiger partial charge in [-0.25, -0.2) is 4.39 Å². The second-order valence-electron chi connectivity index (χ2n) is 6.40. The highest BCUT2D eigenvalue weighted by Gasteiger charge is 2.32. The maximum atomic E-state index is 13.4. The number of nitrogens with zero attached hydrogens (tertiary/aromatic N) is 1. The van der Waals surface area contributed by atoms with E-state index in [1.165, 1.54) is 25.3 Å². The maximum Gasteiger partial charge on any atom is 0.172 e. The summed E-state index contributed by atoms with van der Waals surface area (Å²) in [5.41, 5.74) is 1.14. The van der Waals surface area contributed by atoms with Crippen molar-refractivity contribution in [1.82, 2.24) is 4.90 Å². The smallest absolute Gasteiger partial charge is 0.172 e. The lowest BCUT2D eigenvalue weighted by Gasteiger charge is -2.25. The van der Waals surface area contributed by atoms with Gasteiger partial charge in [0, 0.05) is 12.6 Å². The first kappa shape index (κ1) is 16.7. The molecule has 1 aromatic carbocycles. The molecule has 0 amide bonds. The van der Waals surface area contributed by atoms with Crippen molar-refractivity contribution < 1.29 is 8.82 Å². The molecular formula is C17H28FNOSi. The molecule has 0 radical (unpaired) electrons. The molecule has 0 spiro atoms. The highest BCUT2D eigenvalue weighted by molar-refractivity contribution is 6.48. The Hall–Kier alpha value is -0.713. The number of halogens is 1. The molecule has 0 aliphatic carbocycles. The molecule has 1 heterocycles. The van der Waals surface area contributed by atoms with Crippen LogP contribution in [0.1, 0.15) is 44.1 Å². The summed E-state index contributed by atoms with van der Waals surface area (Å²) in [6.07, 6.45) is 4.85. The third kappa shape index (κ3) is 4.90. The lowest BCUT2D eigenvalue weighted by Crippen LogP contribution is -2.33. The van der Waals surface area contributed by atoms with Crippen molar-refractivity contribution in [1.29, 1.82) is 0 Å². The summed E-state index contributed by atoms with van der Waals surface area (Å²) in [5, 5.41) is 0. The number of hydrogen-bond donors (Lipinski definition) is 0. The molecule has 2 rings (SSSR count). The number of benzene rings is 1. The summed E-state index contributed by atoms with van der Waals surface area (Å²) in [6, 6.07) is 7.70. The van der Waals surface area contributed by atoms with Gasteiger partial charge in [-0.1, -0.05) is 31.9 Å². The van der Waals surface area contributed by atoms with Crippen molar-refractivity contribution in [3.05, 3.63) is 35.6 Å². The van der Waals surface area contributed by atoms with Gasteiger partial charge >= 0.3 is 0 Å². The van der Waals surface area contributed by atoms with E-state index >= 15 is 0 Å². The average Bonchev–Trinajstić information content (AvgIpc) is 2.86. The van der Waals surface area contributed by atoms with Crippen molar-refractivity contribution in [3.8, 4) is 0 Å². The Morgan fingerprint density at radius 1 is 1.38 bits per heavy atom. The first-order valence-corrected chi connectivity index (χ1v) is 11.0. The van der Waals surface area contributed by atoms with Crippen molar-refractivity contribution >= 4 is 9.04 Å². The van der Waals surface area contributed by atoms with Gasteiger partial charge in [0.1, 0.15) is 5.82 Å². The van der Waals surface area contributed by atoms with Crippen LogP contribution in [0.2, 0.25) is 13.1 Å². The van der Waals surface area contributed by atoms with Gasteiger partial charge in [0.2, 0.25) is 0 Å². The van der Waals surface area contributed by atoms with E-state index in [0.29, 0.717) is 12.0 Å². The molecule has 1 aromatic rings. The van der Waals surface area contributed by atoms with E-state index in [4.69, 9.17) is 4.43 Å². The highest BCUT2D eigenvalue weighted by atomic mass is 28.3. The van der Waals surface area contributed by atoms with E-state index < -0.39 is 9.04 Å². The molecule has 0 bridgehead atoms. The summed E-state index contributed by atoms with van der Waals surface area (Å²) >= 11 is 0. The Balaban J connectivity index is 2.02. The Bertz CT molecular complexity index is 441. The van der Waals surface area contributed by atoms with Crippen LogP contribution in [0.25, 0.3) is 0 Å². The molecular weight excluding hydrogens is 281 g/mol. The fourth-order valence-electron chi connectivity index (χ4n) is 3.13. The molecule has 1 unspecified atom stereocenters. The monoisotopic (exact) mass is 309 g/mol. The molecule has 2 atom stereocenters. The van der Waals surface area contributed by atoms with Gasteiger partial charge < -0.3 is 4.43 Å². The van der Waals surface area contributed by atoms with Crippen LogP contribution in [0, 0.1) is 5.82 Å². The Morgan fingerprint density at radius 2 is 2.19 bits per heavy atom. The normalized spacial score (nSPS) is 23.1. The number of unbranched alkanes of at least 4 members (excludes halogenated alkanes) is 1. The zero-order valence-corrected chi connectivity index (χ0v) is 14.7. The van der Waals surface area contributed by atoms with Crippen LogP contribution in [0.5, 0.6) is 0 Å². The minimum Gasteiger partial charge on any atom is -0.408 e. The van der Waals surface area contributed by atoms with E-state index in [-0.39, 0.29) is 5.82 Å². The molecule has 0 N–H and O–H groups in total. The quantitative estimate of drug-likeness (QED) is 0.702. The van der Waals surface area contributed by atoms with Crippen molar-refractivity contribution in [2.75, 3.05) is 13.3 Å². The molecule has 0 saturated carbocycles. The van der Waals surface area contributed by atoms with Gasteiger partial charge in [-0.15, -0.1) is 0 Å². The van der Waals surface area contributed by atoms with Gasteiger partial charge in [0.25, 0.3) is 0 Å². The SMILES string of the molecule is CCCCC1C[C@@H](c2cccc(F)c2)CN1CO[SiH](C)C. The van der Waals surface area contributed by atoms with Crippen LogP contribution in [0.3, 0.4) is 0 Å². The van der Waals surface area contributed by atoms with Gasteiger partial charge in [-0.05, 0) is 49.5 Å². The molecule has 2 nitrogen and oxygen atoms in total. The van der Waals surface area contributed by atoms with Crippen molar-refractivity contribution in [3.63, 3.8) is 0 Å². The minimum atomic E-state index is -0.985. The van der Waals surface area contributed by atoms with E-state index in [2.05, 4.69) is 31.0 Å². The Kier molecular flexibility index (Phi) is 6.39. The maximum absolute atomic E-state index is 13.4. The van der Waals surface area contributed by atoms with Gasteiger partial charge in [-0.3, -0.25) is 4.90 Å². The molecule has 0 aromatic heterocycles. The van der Waals surface area contributed by atoms with Crippen LogP contribution in [-0.4, -0.2) is 33.3 Å². The second kappa shape index (κ2) is 8.06. The minimum absolute atomic E-state index is 0.123. The van der Waals surface area contributed by atoms with E-state index in [1.807, 2.05) is 6.07 Å². The zero-order valence-electron chi connectivity index (χ0n) is 13.5. The summed E-state index contributed by atoms with van der Waals surface area (Å²) in [6.45, 7) is 8.41. The first-order valence-electron chi connectivity index (χ1n) is 8.21. The average molecular weight is 310 g/mol. The van der Waals surface area contributed by atoms with Crippen LogP contribution in [0.4, 0.5) is 4.39 Å². The summed E-state index contributed by atoms with van der Waals surface area (Å²) in [7, 11) is -0.985.